The van der Waals surface area contributed by atoms with Crippen LogP contribution < -0.4 is 19.7 Å². The Kier molecular flexibility index (Phi) is 7.59. The van der Waals surface area contributed by atoms with Crippen LogP contribution in [0.2, 0.25) is 0 Å². The summed E-state index contributed by atoms with van der Waals surface area (Å²) in [5, 5.41) is 4.22. The predicted molar refractivity (Wildman–Crippen MR) is 160 cm³/mol. The molecule has 0 unspecified atom stereocenters. The normalized spacial score (nSPS) is 15.8. The Bertz CT molecular complexity index is 1570. The van der Waals surface area contributed by atoms with E-state index in [1.807, 2.05) is 56.3 Å². The van der Waals surface area contributed by atoms with Gasteiger partial charge in [0.05, 0.1) is 5.52 Å². The fourth-order valence-electron chi connectivity index (χ4n) is 6.00. The quantitative estimate of drug-likeness (QED) is 0.299. The highest BCUT2D eigenvalue weighted by Crippen LogP contribution is 2.36. The van der Waals surface area contributed by atoms with Crippen molar-refractivity contribution in [3.63, 3.8) is 0 Å². The van der Waals surface area contributed by atoms with Crippen molar-refractivity contribution < 1.29 is 19.1 Å². The average molecular weight is 550 g/mol. The number of hydrogen-bond acceptors (Lipinski definition) is 5. The van der Waals surface area contributed by atoms with Crippen molar-refractivity contribution in [2.45, 2.75) is 58.0 Å². The number of amides is 2. The summed E-state index contributed by atoms with van der Waals surface area (Å²) in [7, 11) is 0. The van der Waals surface area contributed by atoms with Crippen molar-refractivity contribution in [1.82, 2.24) is 10.3 Å². The van der Waals surface area contributed by atoms with E-state index in [1.165, 1.54) is 6.42 Å². The third kappa shape index (κ3) is 5.75. The van der Waals surface area contributed by atoms with E-state index in [9.17, 15) is 9.59 Å². The molecule has 0 saturated heterocycles. The molecule has 4 aromatic rings. The molecule has 210 valence electrons. The molecule has 1 N–H and O–H groups in total. The molecule has 7 nitrogen and oxygen atoms in total. The molecule has 1 aromatic heterocycles. The predicted octanol–water partition coefficient (Wildman–Crippen LogP) is 6.46. The molecular weight excluding hydrogens is 514 g/mol. The Morgan fingerprint density at radius 2 is 1.63 bits per heavy atom. The van der Waals surface area contributed by atoms with Crippen LogP contribution in [0.5, 0.6) is 11.5 Å². The number of aryl methyl sites for hydroxylation is 2. The zero-order chi connectivity index (χ0) is 28.3. The minimum Gasteiger partial charge on any atom is -0.486 e. The second-order valence-electron chi connectivity index (χ2n) is 11.1. The maximum atomic E-state index is 14.6. The van der Waals surface area contributed by atoms with Gasteiger partial charge in [-0.25, -0.2) is 0 Å². The minimum atomic E-state index is -0.900. The van der Waals surface area contributed by atoms with Crippen molar-refractivity contribution in [3.8, 4) is 11.5 Å². The van der Waals surface area contributed by atoms with Gasteiger partial charge in [-0.3, -0.25) is 19.5 Å². The first-order chi connectivity index (χ1) is 20.0. The summed E-state index contributed by atoms with van der Waals surface area (Å²) in [6.07, 6.45) is 7.01. The van der Waals surface area contributed by atoms with Gasteiger partial charge in [0.25, 0.3) is 5.91 Å². The summed E-state index contributed by atoms with van der Waals surface area (Å²) in [6.45, 7) is 4.89. The number of ether oxygens (including phenoxy) is 2. The van der Waals surface area contributed by atoms with E-state index in [4.69, 9.17) is 9.47 Å². The highest BCUT2D eigenvalue weighted by Gasteiger charge is 2.35. The van der Waals surface area contributed by atoms with Crippen molar-refractivity contribution in [3.05, 3.63) is 95.2 Å². The van der Waals surface area contributed by atoms with Crippen molar-refractivity contribution in [2.24, 2.45) is 0 Å². The summed E-state index contributed by atoms with van der Waals surface area (Å²) < 4.78 is 11.5. The van der Waals surface area contributed by atoms with Gasteiger partial charge in [-0.15, -0.1) is 0 Å². The number of carbonyl (C=O) groups is 2. The molecule has 1 saturated carbocycles. The van der Waals surface area contributed by atoms with E-state index in [0.717, 1.165) is 53.3 Å². The van der Waals surface area contributed by atoms with Crippen molar-refractivity contribution >= 4 is 28.4 Å². The summed E-state index contributed by atoms with van der Waals surface area (Å²) >= 11 is 0. The molecule has 1 fully saturated rings. The monoisotopic (exact) mass is 549 g/mol. The number of pyridine rings is 1. The summed E-state index contributed by atoms with van der Waals surface area (Å²) in [5.41, 5.74) is 4.66. The lowest BCUT2D eigenvalue weighted by Crippen LogP contribution is -2.47. The molecular formula is C34H35N3O4. The Balaban J connectivity index is 1.49. The van der Waals surface area contributed by atoms with Gasteiger partial charge in [0.2, 0.25) is 5.91 Å². The molecule has 1 aliphatic carbocycles. The molecule has 0 radical (unpaired) electrons. The summed E-state index contributed by atoms with van der Waals surface area (Å²) in [4.78, 5) is 35.0. The molecule has 1 aliphatic heterocycles. The summed E-state index contributed by atoms with van der Waals surface area (Å²) in [6, 6.07) is 20.1. The molecule has 7 heteroatoms. The highest BCUT2D eigenvalue weighted by molar-refractivity contribution is 6.10. The lowest BCUT2D eigenvalue weighted by molar-refractivity contribution is -0.123. The van der Waals surface area contributed by atoms with Crippen LogP contribution in [-0.2, 0) is 4.79 Å². The SMILES string of the molecule is Cc1cc(C)cc(N(C(=O)c2ccc3c(c2)OCCO3)[C@@H](C(=O)NC2CCCCC2)c2ccc3ncccc3c2)c1. The fourth-order valence-corrected chi connectivity index (χ4v) is 6.00. The van der Waals surface area contributed by atoms with Gasteiger partial charge in [0.1, 0.15) is 19.3 Å². The van der Waals surface area contributed by atoms with Crippen LogP contribution in [0.25, 0.3) is 10.9 Å². The van der Waals surface area contributed by atoms with Gasteiger partial charge in [-0.1, -0.05) is 37.5 Å². The van der Waals surface area contributed by atoms with E-state index in [2.05, 4.69) is 16.4 Å². The standard InChI is InChI=1S/C34H35N3O4/c1-22-17-23(2)19-28(18-22)37(34(39)26-11-13-30-31(21-26)41-16-15-40-30)32(33(38)36-27-8-4-3-5-9-27)25-10-12-29-24(20-25)7-6-14-35-29/h6-7,10-14,17-21,27,32H,3-5,8-9,15-16H2,1-2H3,(H,36,38)/t32-/m1/s1. The van der Waals surface area contributed by atoms with Crippen LogP contribution >= 0.6 is 0 Å². The number of aromatic nitrogens is 1. The van der Waals surface area contributed by atoms with Gasteiger partial charge in [-0.2, -0.15) is 0 Å². The molecule has 0 bridgehead atoms. The van der Waals surface area contributed by atoms with Crippen LogP contribution in [0.15, 0.2) is 72.9 Å². The van der Waals surface area contributed by atoms with Crippen LogP contribution in [0.3, 0.4) is 0 Å². The molecule has 6 rings (SSSR count). The molecule has 2 heterocycles. The molecule has 0 spiro atoms. The number of nitrogens with one attached hydrogen (secondary N) is 1. The third-order valence-corrected chi connectivity index (χ3v) is 7.89. The average Bonchev–Trinajstić information content (AvgIpc) is 2.99. The number of rotatable bonds is 6. The molecule has 2 aliphatic rings. The Morgan fingerprint density at radius 1 is 0.878 bits per heavy atom. The highest BCUT2D eigenvalue weighted by atomic mass is 16.6. The van der Waals surface area contributed by atoms with Crippen molar-refractivity contribution in [2.75, 3.05) is 18.1 Å². The van der Waals surface area contributed by atoms with E-state index in [0.29, 0.717) is 36.0 Å². The van der Waals surface area contributed by atoms with Gasteiger partial charge in [0, 0.05) is 28.9 Å². The van der Waals surface area contributed by atoms with E-state index in [-0.39, 0.29) is 17.9 Å². The second kappa shape index (κ2) is 11.6. The van der Waals surface area contributed by atoms with E-state index < -0.39 is 6.04 Å². The largest absolute Gasteiger partial charge is 0.486 e. The van der Waals surface area contributed by atoms with E-state index >= 15 is 0 Å². The van der Waals surface area contributed by atoms with E-state index in [1.54, 1.807) is 29.3 Å². The van der Waals surface area contributed by atoms with Crippen LogP contribution in [0, 0.1) is 13.8 Å². The Morgan fingerprint density at radius 3 is 2.41 bits per heavy atom. The van der Waals surface area contributed by atoms with Gasteiger partial charge in [-0.05, 0) is 91.9 Å². The second-order valence-corrected chi connectivity index (χ2v) is 11.1. The zero-order valence-corrected chi connectivity index (χ0v) is 23.6. The number of fused-ring (bicyclic) bond motifs is 2. The topological polar surface area (TPSA) is 80.8 Å². The Hall–Kier alpha value is -4.39. The smallest absolute Gasteiger partial charge is 0.259 e. The zero-order valence-electron chi connectivity index (χ0n) is 23.6. The first-order valence-corrected chi connectivity index (χ1v) is 14.4. The minimum absolute atomic E-state index is 0.0892. The van der Waals surface area contributed by atoms with Crippen molar-refractivity contribution in [1.29, 1.82) is 0 Å². The first-order valence-electron chi connectivity index (χ1n) is 14.4. The number of benzene rings is 3. The number of anilines is 1. The van der Waals surface area contributed by atoms with Gasteiger partial charge >= 0.3 is 0 Å². The first kappa shape index (κ1) is 26.8. The summed E-state index contributed by atoms with van der Waals surface area (Å²) in [5.74, 6) is 0.661. The van der Waals surface area contributed by atoms with Crippen LogP contribution in [0.1, 0.15) is 65.2 Å². The van der Waals surface area contributed by atoms with Gasteiger partial charge < -0.3 is 14.8 Å². The molecule has 2 amide bonds. The lowest BCUT2D eigenvalue weighted by Gasteiger charge is -2.34. The molecule has 3 aromatic carbocycles. The van der Waals surface area contributed by atoms with Gasteiger partial charge in [0.15, 0.2) is 11.5 Å². The Labute approximate surface area is 240 Å². The third-order valence-electron chi connectivity index (χ3n) is 7.89. The number of carbonyl (C=O) groups excluding carboxylic acids is 2. The fraction of sp³-hybridized carbons (Fsp3) is 0.324. The maximum Gasteiger partial charge on any atom is 0.259 e. The van der Waals surface area contributed by atoms with Crippen LogP contribution in [-0.4, -0.2) is 36.1 Å². The molecule has 41 heavy (non-hydrogen) atoms. The van der Waals surface area contributed by atoms with Crippen LogP contribution in [0.4, 0.5) is 5.69 Å². The lowest BCUT2D eigenvalue weighted by atomic mass is 9.94. The number of nitrogens with zero attached hydrogens (tertiary/aromatic N) is 2. The maximum absolute atomic E-state index is 14.6. The number of hydrogen-bond donors (Lipinski definition) is 1. The molecule has 1 atom stereocenters.